The summed E-state index contributed by atoms with van der Waals surface area (Å²) >= 11 is 0. The van der Waals surface area contributed by atoms with Crippen molar-refractivity contribution in [2.24, 2.45) is 0 Å². The van der Waals surface area contributed by atoms with Crippen molar-refractivity contribution in [3.8, 4) is 0 Å². The molecule has 0 aliphatic carbocycles. The Bertz CT molecular complexity index is 768. The van der Waals surface area contributed by atoms with Crippen molar-refractivity contribution in [2.45, 2.75) is 62.7 Å². The Kier molecular flexibility index (Phi) is 5.48. The number of hydrogen-bond donors (Lipinski definition) is 3. The fourth-order valence-electron chi connectivity index (χ4n) is 3.10. The van der Waals surface area contributed by atoms with Crippen LogP contribution >= 0.6 is 10.6 Å². The molecule has 2 aliphatic rings. The van der Waals surface area contributed by atoms with Crippen molar-refractivity contribution >= 4 is 33.2 Å². The van der Waals surface area contributed by atoms with Crippen molar-refractivity contribution in [2.75, 3.05) is 11.5 Å². The van der Waals surface area contributed by atoms with Gasteiger partial charge in [0.2, 0.25) is 10.0 Å². The maximum absolute atomic E-state index is 12.6. The normalized spacial score (nSPS) is 26.1. The molecular formula is C17H28BNO6S2. The molecule has 2 heterocycles. The second-order valence-electron chi connectivity index (χ2n) is 8.26. The van der Waals surface area contributed by atoms with Gasteiger partial charge in [0.1, 0.15) is 0 Å². The average molecular weight is 417 g/mol. The van der Waals surface area contributed by atoms with E-state index in [2.05, 4.69) is 4.72 Å². The van der Waals surface area contributed by atoms with Crippen molar-refractivity contribution in [1.29, 1.82) is 0 Å². The summed E-state index contributed by atoms with van der Waals surface area (Å²) < 4.78 is 59.2. The quantitative estimate of drug-likeness (QED) is 0.649. The smallest absolute Gasteiger partial charge is 0.399 e. The second-order valence-corrected chi connectivity index (χ2v) is 12.4. The fraction of sp³-hybridized carbons (Fsp3) is 0.647. The number of hydrogen-bond acceptors (Lipinski definition) is 6. The van der Waals surface area contributed by atoms with E-state index in [1.54, 1.807) is 24.3 Å². The summed E-state index contributed by atoms with van der Waals surface area (Å²) in [6.45, 7) is 7.87. The van der Waals surface area contributed by atoms with Crippen LogP contribution in [0.15, 0.2) is 29.2 Å². The molecule has 152 valence electrons. The maximum atomic E-state index is 12.6. The predicted molar refractivity (Wildman–Crippen MR) is 108 cm³/mol. The zero-order valence-electron chi connectivity index (χ0n) is 16.1. The zero-order chi connectivity index (χ0) is 20.1. The Balaban J connectivity index is 1.68. The standard InChI is InChI=1S/C17H28BNO6S2/c1-16(2)17(3,4)25-18(24-16)13-5-7-15(8-6-13)27(22,23)19-14-9-11-26(20,21)12-10-14/h5-8,14,19-21H,9-12H2,1-4H3. The lowest BCUT2D eigenvalue weighted by molar-refractivity contribution is 0.00578. The van der Waals surface area contributed by atoms with Crippen molar-refractivity contribution < 1.29 is 26.8 Å². The minimum atomic E-state index is -3.67. The van der Waals surface area contributed by atoms with E-state index in [0.29, 0.717) is 12.8 Å². The Morgan fingerprint density at radius 1 is 1.04 bits per heavy atom. The van der Waals surface area contributed by atoms with E-state index in [1.807, 2.05) is 27.7 Å². The van der Waals surface area contributed by atoms with Crippen LogP contribution in [-0.4, -0.2) is 53.4 Å². The van der Waals surface area contributed by atoms with Gasteiger partial charge in [0.05, 0.1) is 16.1 Å². The summed E-state index contributed by atoms with van der Waals surface area (Å²) in [5.41, 5.74) is -0.150. The molecule has 1 aromatic carbocycles. The molecule has 0 atom stereocenters. The van der Waals surface area contributed by atoms with Crippen molar-refractivity contribution in [3.05, 3.63) is 24.3 Å². The van der Waals surface area contributed by atoms with Gasteiger partial charge in [0, 0.05) is 17.5 Å². The number of benzene rings is 1. The van der Waals surface area contributed by atoms with Gasteiger partial charge in [0.15, 0.2) is 0 Å². The lowest BCUT2D eigenvalue weighted by Gasteiger charge is -2.39. The first kappa shape index (κ1) is 21.1. The van der Waals surface area contributed by atoms with Crippen LogP contribution in [0.5, 0.6) is 0 Å². The van der Waals surface area contributed by atoms with Gasteiger partial charge in [0.25, 0.3) is 0 Å². The SMILES string of the molecule is CC1(C)OB(c2ccc(S(=O)(=O)NC3CCS(O)(O)CC3)cc2)OC1(C)C. The maximum Gasteiger partial charge on any atom is 0.494 e. The molecule has 7 nitrogen and oxygen atoms in total. The Hall–Kier alpha value is -0.615. The van der Waals surface area contributed by atoms with Crippen LogP contribution in [0, 0.1) is 0 Å². The molecule has 3 rings (SSSR count). The molecule has 0 bridgehead atoms. The van der Waals surface area contributed by atoms with Crippen LogP contribution in [0.4, 0.5) is 0 Å². The highest BCUT2D eigenvalue weighted by Crippen LogP contribution is 2.44. The molecule has 27 heavy (non-hydrogen) atoms. The average Bonchev–Trinajstić information content (AvgIpc) is 2.78. The summed E-state index contributed by atoms with van der Waals surface area (Å²) in [6.07, 6.45) is 0.848. The first-order valence-corrected chi connectivity index (χ1v) is 12.4. The lowest BCUT2D eigenvalue weighted by atomic mass is 9.79. The topological polar surface area (TPSA) is 105 Å². The number of rotatable bonds is 4. The molecule has 2 aliphatic heterocycles. The summed E-state index contributed by atoms with van der Waals surface area (Å²) in [5, 5.41) is 0. The third-order valence-corrected chi connectivity index (χ3v) is 8.94. The number of nitrogens with one attached hydrogen (secondary N) is 1. The van der Waals surface area contributed by atoms with Crippen LogP contribution in [0.25, 0.3) is 0 Å². The van der Waals surface area contributed by atoms with Gasteiger partial charge in [-0.15, -0.1) is 0 Å². The molecule has 10 heteroatoms. The predicted octanol–water partition coefficient (Wildman–Crippen LogP) is 2.18. The molecule has 0 saturated carbocycles. The lowest BCUT2D eigenvalue weighted by Crippen LogP contribution is -2.41. The Morgan fingerprint density at radius 2 is 1.52 bits per heavy atom. The van der Waals surface area contributed by atoms with Gasteiger partial charge in [-0.1, -0.05) is 12.1 Å². The van der Waals surface area contributed by atoms with Gasteiger partial charge < -0.3 is 9.31 Å². The summed E-state index contributed by atoms with van der Waals surface area (Å²) in [6, 6.07) is 6.21. The van der Waals surface area contributed by atoms with Gasteiger partial charge >= 0.3 is 7.12 Å². The molecule has 0 spiro atoms. The van der Waals surface area contributed by atoms with Crippen molar-refractivity contribution in [1.82, 2.24) is 4.72 Å². The van der Waals surface area contributed by atoms with Crippen LogP contribution in [0.2, 0.25) is 0 Å². The largest absolute Gasteiger partial charge is 0.494 e. The monoisotopic (exact) mass is 417 g/mol. The van der Waals surface area contributed by atoms with E-state index in [1.165, 1.54) is 0 Å². The molecule has 0 amide bonds. The molecule has 0 radical (unpaired) electrons. The van der Waals surface area contributed by atoms with Crippen molar-refractivity contribution in [3.63, 3.8) is 0 Å². The van der Waals surface area contributed by atoms with Gasteiger partial charge in [-0.05, 0) is 58.1 Å². The van der Waals surface area contributed by atoms with Gasteiger partial charge in [-0.2, -0.15) is 10.6 Å². The van der Waals surface area contributed by atoms with Crippen LogP contribution in [0.1, 0.15) is 40.5 Å². The molecule has 1 aromatic rings. The molecular weight excluding hydrogens is 389 g/mol. The highest BCUT2D eigenvalue weighted by atomic mass is 32.3. The zero-order valence-corrected chi connectivity index (χ0v) is 17.8. The van der Waals surface area contributed by atoms with E-state index in [0.717, 1.165) is 5.46 Å². The molecule has 0 aromatic heterocycles. The van der Waals surface area contributed by atoms with Gasteiger partial charge in [-0.3, -0.25) is 9.11 Å². The minimum Gasteiger partial charge on any atom is -0.399 e. The third kappa shape index (κ3) is 4.53. The summed E-state index contributed by atoms with van der Waals surface area (Å²) in [5.74, 6) is 0.474. The van der Waals surface area contributed by atoms with E-state index >= 15 is 0 Å². The second kappa shape index (κ2) is 7.02. The number of sulfonamides is 1. The van der Waals surface area contributed by atoms with E-state index in [4.69, 9.17) is 9.31 Å². The highest BCUT2D eigenvalue weighted by Gasteiger charge is 2.51. The molecule has 2 fully saturated rings. The molecule has 0 unspecified atom stereocenters. The third-order valence-electron chi connectivity index (χ3n) is 5.62. The fourth-order valence-corrected chi connectivity index (χ4v) is 5.93. The van der Waals surface area contributed by atoms with Gasteiger partial charge in [-0.25, -0.2) is 13.1 Å². The molecule has 3 N–H and O–H groups in total. The molecule has 2 saturated heterocycles. The minimum absolute atomic E-state index is 0.167. The Morgan fingerprint density at radius 3 is 2.00 bits per heavy atom. The van der Waals surface area contributed by atoms with E-state index in [9.17, 15) is 17.5 Å². The van der Waals surface area contributed by atoms with Crippen LogP contribution < -0.4 is 10.2 Å². The van der Waals surface area contributed by atoms with Crippen LogP contribution in [-0.2, 0) is 19.3 Å². The first-order chi connectivity index (χ1) is 12.3. The summed E-state index contributed by atoms with van der Waals surface area (Å²) in [7, 11) is -6.74. The van der Waals surface area contributed by atoms with E-state index < -0.39 is 38.9 Å². The summed E-state index contributed by atoms with van der Waals surface area (Å²) in [4.78, 5) is 0.167. The first-order valence-electron chi connectivity index (χ1n) is 9.03. The van der Waals surface area contributed by atoms with Crippen LogP contribution in [0.3, 0.4) is 0 Å². The Labute approximate surface area is 163 Å². The van der Waals surface area contributed by atoms with E-state index in [-0.39, 0.29) is 22.4 Å². The highest BCUT2D eigenvalue weighted by molar-refractivity contribution is 8.24.